The molecular formula is C50H60N6O5. The number of likely N-dealkylation sites (tertiary alicyclic amines) is 2. The molecule has 2 aliphatic rings. The number of likely N-dealkylation sites (N-methyl/N-ethyl adjacent to an activating group) is 2. The number of hydrogen-bond donors (Lipinski definition) is 2. The second kappa shape index (κ2) is 20.2. The Morgan fingerprint density at radius 2 is 1.10 bits per heavy atom. The van der Waals surface area contributed by atoms with Gasteiger partial charge in [0, 0.05) is 35.4 Å². The zero-order valence-electron chi connectivity index (χ0n) is 36.0. The van der Waals surface area contributed by atoms with Crippen LogP contribution in [0.4, 0.5) is 11.4 Å². The summed E-state index contributed by atoms with van der Waals surface area (Å²) in [7, 11) is 0. The molecule has 11 heteroatoms. The van der Waals surface area contributed by atoms with Gasteiger partial charge < -0.3 is 24.9 Å². The highest BCUT2D eigenvalue weighted by atomic mass is 16.3. The standard InChI is InChI=1S/C50H60N6O5/c1-5-29-53(7-3)45(36-17-11-9-12-18-36)49(59)55-31-15-21-41(55)47(57)51-39-25-23-35(24-26-39)44-34-38-33-40(27-28-43(38)61-44)52-48(58)42-22-16-32-56(42)50(60)46(54(8-4)30-6-2)37-19-13-10-14-20-37/h9-14,17-20,23-28,33-34,41-42,45-46H,5-8,15-16,21-22,29-32H2,1-4H3,(H,51,57)(H,52,58)/t41-,42-,45+,46+/m0/s1. The third-order valence-electron chi connectivity index (χ3n) is 12.2. The van der Waals surface area contributed by atoms with E-state index in [2.05, 4.69) is 48.1 Å². The average molecular weight is 825 g/mol. The van der Waals surface area contributed by atoms with Crippen molar-refractivity contribution in [1.82, 2.24) is 19.6 Å². The fraction of sp³-hybridized carbons (Fsp3) is 0.400. The van der Waals surface area contributed by atoms with Crippen LogP contribution in [0, 0.1) is 0 Å². The average Bonchev–Trinajstić information content (AvgIpc) is 4.08. The van der Waals surface area contributed by atoms with E-state index in [1.54, 1.807) is 9.80 Å². The van der Waals surface area contributed by atoms with E-state index in [4.69, 9.17) is 4.42 Å². The first kappa shape index (κ1) is 43.3. The lowest BCUT2D eigenvalue weighted by atomic mass is 10.0. The Kier molecular flexibility index (Phi) is 14.3. The zero-order chi connectivity index (χ0) is 42.9. The lowest BCUT2D eigenvalue weighted by Gasteiger charge is -2.34. The number of hydrogen-bond acceptors (Lipinski definition) is 7. The Morgan fingerprint density at radius 3 is 1.57 bits per heavy atom. The van der Waals surface area contributed by atoms with Gasteiger partial charge in [-0.05, 0) is 124 Å². The molecule has 0 bridgehead atoms. The Labute approximate surface area is 360 Å². The molecule has 1 aromatic heterocycles. The summed E-state index contributed by atoms with van der Waals surface area (Å²) >= 11 is 0. The van der Waals surface area contributed by atoms with Crippen LogP contribution in [-0.2, 0) is 19.2 Å². The largest absolute Gasteiger partial charge is 0.456 e. The number of carbonyl (C=O) groups is 4. The third kappa shape index (κ3) is 9.74. The van der Waals surface area contributed by atoms with Gasteiger partial charge in [-0.2, -0.15) is 0 Å². The van der Waals surface area contributed by atoms with Crippen molar-refractivity contribution in [3.05, 3.63) is 120 Å². The van der Waals surface area contributed by atoms with Gasteiger partial charge in [0.15, 0.2) is 0 Å². The number of carbonyl (C=O) groups excluding carboxylic acids is 4. The minimum absolute atomic E-state index is 0.0315. The predicted octanol–water partition coefficient (Wildman–Crippen LogP) is 8.91. The Morgan fingerprint density at radius 1 is 0.623 bits per heavy atom. The molecule has 0 aliphatic carbocycles. The molecule has 5 aromatic rings. The van der Waals surface area contributed by atoms with Crippen molar-refractivity contribution in [3.8, 4) is 11.3 Å². The van der Waals surface area contributed by atoms with Crippen molar-refractivity contribution in [2.75, 3.05) is 49.9 Å². The van der Waals surface area contributed by atoms with Crippen molar-refractivity contribution in [1.29, 1.82) is 0 Å². The lowest BCUT2D eigenvalue weighted by molar-refractivity contribution is -0.141. The second-order valence-electron chi connectivity index (χ2n) is 16.2. The Bertz CT molecular complexity index is 2260. The first-order chi connectivity index (χ1) is 29.7. The number of benzene rings is 4. The molecule has 7 rings (SSSR count). The second-order valence-corrected chi connectivity index (χ2v) is 16.2. The first-order valence-electron chi connectivity index (χ1n) is 22.2. The van der Waals surface area contributed by atoms with E-state index >= 15 is 0 Å². The summed E-state index contributed by atoms with van der Waals surface area (Å²) in [6.07, 6.45) is 4.61. The number of rotatable bonds is 17. The molecule has 320 valence electrons. The smallest absolute Gasteiger partial charge is 0.247 e. The SMILES string of the molecule is CCCN(CC)[C@@H](C(=O)N1CCC[C@H]1C(=O)Nc1ccc(-c2cc3cc(NC(=O)[C@@H]4CCCN4C(=O)[C@@H](c4ccccc4)N(CC)CCC)ccc3o2)cc1)c1ccccc1. The van der Waals surface area contributed by atoms with Gasteiger partial charge in [-0.15, -0.1) is 0 Å². The fourth-order valence-corrected chi connectivity index (χ4v) is 9.16. The first-order valence-corrected chi connectivity index (χ1v) is 22.2. The molecule has 2 aliphatic heterocycles. The molecule has 0 saturated carbocycles. The maximum Gasteiger partial charge on any atom is 0.247 e. The predicted molar refractivity (Wildman–Crippen MR) is 242 cm³/mol. The lowest BCUT2D eigenvalue weighted by Crippen LogP contribution is -2.48. The summed E-state index contributed by atoms with van der Waals surface area (Å²) in [5, 5.41) is 6.98. The maximum atomic E-state index is 14.2. The van der Waals surface area contributed by atoms with E-state index in [9.17, 15) is 19.2 Å². The van der Waals surface area contributed by atoms with Gasteiger partial charge in [-0.25, -0.2) is 0 Å². The molecule has 2 fully saturated rings. The van der Waals surface area contributed by atoms with E-state index in [1.807, 2.05) is 109 Å². The summed E-state index contributed by atoms with van der Waals surface area (Å²) < 4.78 is 6.23. The molecule has 4 atom stereocenters. The molecule has 4 amide bonds. The zero-order valence-corrected chi connectivity index (χ0v) is 36.0. The minimum atomic E-state index is -0.561. The van der Waals surface area contributed by atoms with Crippen LogP contribution in [0.1, 0.15) is 89.4 Å². The molecule has 0 radical (unpaired) electrons. The molecule has 3 heterocycles. The van der Waals surface area contributed by atoms with Crippen LogP contribution in [0.2, 0.25) is 0 Å². The van der Waals surface area contributed by atoms with E-state index in [-0.39, 0.29) is 23.6 Å². The van der Waals surface area contributed by atoms with Crippen LogP contribution in [0.5, 0.6) is 0 Å². The highest BCUT2D eigenvalue weighted by Crippen LogP contribution is 2.33. The van der Waals surface area contributed by atoms with Gasteiger partial charge in [0.05, 0.1) is 0 Å². The van der Waals surface area contributed by atoms with Crippen molar-refractivity contribution in [2.24, 2.45) is 0 Å². The van der Waals surface area contributed by atoms with Crippen LogP contribution in [0.25, 0.3) is 22.3 Å². The van der Waals surface area contributed by atoms with E-state index in [0.717, 1.165) is 73.9 Å². The van der Waals surface area contributed by atoms with Crippen molar-refractivity contribution >= 4 is 46.0 Å². The molecule has 61 heavy (non-hydrogen) atoms. The van der Waals surface area contributed by atoms with Crippen LogP contribution >= 0.6 is 0 Å². The van der Waals surface area contributed by atoms with Gasteiger partial charge in [-0.1, -0.05) is 88.4 Å². The minimum Gasteiger partial charge on any atom is -0.456 e. The summed E-state index contributed by atoms with van der Waals surface area (Å²) in [6.45, 7) is 12.5. The number of furan rings is 1. The van der Waals surface area contributed by atoms with Gasteiger partial charge in [0.25, 0.3) is 0 Å². The van der Waals surface area contributed by atoms with Gasteiger partial charge in [-0.3, -0.25) is 29.0 Å². The van der Waals surface area contributed by atoms with Crippen LogP contribution in [-0.4, -0.2) is 94.6 Å². The van der Waals surface area contributed by atoms with Crippen LogP contribution < -0.4 is 10.6 Å². The highest BCUT2D eigenvalue weighted by Gasteiger charge is 2.41. The number of anilines is 2. The molecule has 2 saturated heterocycles. The Balaban J connectivity index is 1.00. The number of nitrogens with one attached hydrogen (secondary N) is 2. The number of nitrogens with zero attached hydrogens (tertiary/aromatic N) is 4. The molecule has 4 aromatic carbocycles. The summed E-state index contributed by atoms with van der Waals surface area (Å²) in [6, 6.07) is 32.7. The molecule has 0 spiro atoms. The highest BCUT2D eigenvalue weighted by molar-refractivity contribution is 6.00. The molecule has 2 N–H and O–H groups in total. The van der Waals surface area contributed by atoms with Crippen molar-refractivity contribution in [2.45, 2.75) is 90.4 Å². The van der Waals surface area contributed by atoms with Crippen LogP contribution in [0.15, 0.2) is 114 Å². The van der Waals surface area contributed by atoms with Gasteiger partial charge >= 0.3 is 0 Å². The maximum absolute atomic E-state index is 14.2. The monoisotopic (exact) mass is 824 g/mol. The molecular weight excluding hydrogens is 765 g/mol. The fourth-order valence-electron chi connectivity index (χ4n) is 9.16. The van der Waals surface area contributed by atoms with E-state index < -0.39 is 24.2 Å². The van der Waals surface area contributed by atoms with E-state index in [1.165, 1.54) is 0 Å². The van der Waals surface area contributed by atoms with Gasteiger partial charge in [0.1, 0.15) is 35.5 Å². The topological polar surface area (TPSA) is 118 Å². The molecule has 11 nitrogen and oxygen atoms in total. The summed E-state index contributed by atoms with van der Waals surface area (Å²) in [5.41, 5.74) is 4.65. The van der Waals surface area contributed by atoms with Crippen molar-refractivity contribution in [3.63, 3.8) is 0 Å². The third-order valence-corrected chi connectivity index (χ3v) is 12.2. The van der Waals surface area contributed by atoms with Crippen molar-refractivity contribution < 1.29 is 23.6 Å². The van der Waals surface area contributed by atoms with Crippen LogP contribution in [0.3, 0.4) is 0 Å². The summed E-state index contributed by atoms with van der Waals surface area (Å²) in [4.78, 5) is 63.9. The normalized spacial score (nSPS) is 17.5. The van der Waals surface area contributed by atoms with Gasteiger partial charge in [0.2, 0.25) is 23.6 Å². The quantitative estimate of drug-likeness (QED) is 0.0962. The number of fused-ring (bicyclic) bond motifs is 1. The number of amides is 4. The Hall–Kier alpha value is -5.78. The summed E-state index contributed by atoms with van der Waals surface area (Å²) in [5.74, 6) is 0.195. The molecule has 0 unspecified atom stereocenters. The van der Waals surface area contributed by atoms with E-state index in [0.29, 0.717) is 48.6 Å².